The maximum Gasteiger partial charge on any atom is 0.233 e. The number of thioether (sulfide) groups is 1. The summed E-state index contributed by atoms with van der Waals surface area (Å²) in [6.45, 7) is 5.02. The zero-order valence-electron chi connectivity index (χ0n) is 17.4. The van der Waals surface area contributed by atoms with Gasteiger partial charge >= 0.3 is 0 Å². The minimum atomic E-state index is -0.0140. The summed E-state index contributed by atoms with van der Waals surface area (Å²) in [6, 6.07) is 19.7. The third-order valence-corrected chi connectivity index (χ3v) is 5.90. The maximum atomic E-state index is 13.1. The molecule has 31 heavy (non-hydrogen) atoms. The minimum absolute atomic E-state index is 0.0140. The van der Waals surface area contributed by atoms with Crippen LogP contribution in [0.4, 0.5) is 0 Å². The van der Waals surface area contributed by atoms with E-state index in [-0.39, 0.29) is 11.7 Å². The van der Waals surface area contributed by atoms with E-state index in [0.717, 1.165) is 22.6 Å². The normalized spacial score (nSPS) is 10.9. The quantitative estimate of drug-likeness (QED) is 0.388. The van der Waals surface area contributed by atoms with Crippen molar-refractivity contribution in [3.05, 3.63) is 89.4 Å². The van der Waals surface area contributed by atoms with E-state index in [1.165, 1.54) is 17.3 Å². The zero-order chi connectivity index (χ0) is 21.6. The van der Waals surface area contributed by atoms with Crippen molar-refractivity contribution in [2.45, 2.75) is 32.1 Å². The van der Waals surface area contributed by atoms with Crippen molar-refractivity contribution in [2.24, 2.45) is 0 Å². The van der Waals surface area contributed by atoms with Crippen molar-refractivity contribution in [1.82, 2.24) is 25.1 Å². The van der Waals surface area contributed by atoms with Crippen LogP contribution in [0.1, 0.15) is 22.5 Å². The Bertz CT molecular complexity index is 1140. The number of hydrogen-bond acceptors (Lipinski definition) is 6. The second kappa shape index (κ2) is 9.61. The van der Waals surface area contributed by atoms with E-state index >= 15 is 0 Å². The third-order valence-electron chi connectivity index (χ3n) is 5.00. The Morgan fingerprint density at radius 3 is 2.61 bits per heavy atom. The summed E-state index contributed by atoms with van der Waals surface area (Å²) in [7, 11) is 0. The molecule has 0 aliphatic heterocycles. The number of benzene rings is 2. The summed E-state index contributed by atoms with van der Waals surface area (Å²) in [4.78, 5) is 14.9. The first kappa shape index (κ1) is 20.9. The van der Waals surface area contributed by atoms with Crippen LogP contribution in [0.15, 0.2) is 76.5 Å². The van der Waals surface area contributed by atoms with E-state index < -0.39 is 0 Å². The van der Waals surface area contributed by atoms with E-state index in [4.69, 9.17) is 4.42 Å². The highest BCUT2D eigenvalue weighted by molar-refractivity contribution is 7.99. The van der Waals surface area contributed by atoms with Gasteiger partial charge in [-0.25, -0.2) is 0 Å². The molecule has 0 atom stereocenters. The molecular formula is C23H23N5O2S. The molecule has 0 saturated heterocycles. The molecule has 0 saturated carbocycles. The molecule has 8 heteroatoms. The van der Waals surface area contributed by atoms with Gasteiger partial charge in [-0.05, 0) is 65.2 Å². The Hall–Kier alpha value is -3.39. The van der Waals surface area contributed by atoms with Crippen LogP contribution in [0.5, 0.6) is 0 Å². The first-order valence-electron chi connectivity index (χ1n) is 9.93. The Balaban J connectivity index is 1.48. The van der Waals surface area contributed by atoms with E-state index in [1.54, 1.807) is 15.8 Å². The molecule has 0 unspecified atom stereocenters. The molecule has 0 spiro atoms. The lowest BCUT2D eigenvalue weighted by atomic mass is 10.1. The standard InChI is InChI=1S/C23H23N5O2S/c1-17-10-11-20(13-18(17)2)28-23(24-25-26-28)31-16-22(29)27(15-21-9-6-12-30-21)14-19-7-4-3-5-8-19/h3-13H,14-16H2,1-2H3. The van der Waals surface area contributed by atoms with Gasteiger partial charge in [0.2, 0.25) is 11.1 Å². The van der Waals surface area contributed by atoms with Crippen LogP contribution >= 0.6 is 11.8 Å². The minimum Gasteiger partial charge on any atom is -0.467 e. The number of amides is 1. The molecule has 2 aromatic heterocycles. The van der Waals surface area contributed by atoms with Crippen molar-refractivity contribution in [2.75, 3.05) is 5.75 Å². The van der Waals surface area contributed by atoms with Crippen LogP contribution in [0.25, 0.3) is 5.69 Å². The molecule has 2 aromatic carbocycles. The number of rotatable bonds is 8. The molecule has 0 fully saturated rings. The average Bonchev–Trinajstić information content (AvgIpc) is 3.46. The predicted octanol–water partition coefficient (Wildman–Crippen LogP) is 4.19. The number of tetrazole rings is 1. The second-order valence-corrected chi connectivity index (χ2v) is 8.19. The van der Waals surface area contributed by atoms with Gasteiger partial charge in [0, 0.05) is 6.54 Å². The van der Waals surface area contributed by atoms with Gasteiger partial charge in [0.25, 0.3) is 0 Å². The molecule has 2 heterocycles. The number of nitrogens with zero attached hydrogens (tertiary/aromatic N) is 5. The van der Waals surface area contributed by atoms with Crippen LogP contribution < -0.4 is 0 Å². The number of furan rings is 1. The van der Waals surface area contributed by atoms with Gasteiger partial charge in [0.15, 0.2) is 0 Å². The summed E-state index contributed by atoms with van der Waals surface area (Å²) in [5.41, 5.74) is 4.30. The molecule has 7 nitrogen and oxygen atoms in total. The molecule has 4 aromatic rings. The Morgan fingerprint density at radius 2 is 1.87 bits per heavy atom. The molecule has 158 valence electrons. The highest BCUT2D eigenvalue weighted by Gasteiger charge is 2.18. The van der Waals surface area contributed by atoms with E-state index in [0.29, 0.717) is 18.2 Å². The highest BCUT2D eigenvalue weighted by Crippen LogP contribution is 2.21. The molecule has 1 amide bonds. The van der Waals surface area contributed by atoms with Crippen molar-refractivity contribution in [3.8, 4) is 5.69 Å². The van der Waals surface area contributed by atoms with Crippen LogP contribution in [0.3, 0.4) is 0 Å². The van der Waals surface area contributed by atoms with Gasteiger partial charge in [-0.3, -0.25) is 4.79 Å². The highest BCUT2D eigenvalue weighted by atomic mass is 32.2. The number of hydrogen-bond donors (Lipinski definition) is 0. The third kappa shape index (κ3) is 5.21. The molecule has 0 aliphatic carbocycles. The fourth-order valence-corrected chi connectivity index (χ4v) is 3.93. The molecular weight excluding hydrogens is 410 g/mol. The lowest BCUT2D eigenvalue weighted by Gasteiger charge is -2.21. The van der Waals surface area contributed by atoms with E-state index in [2.05, 4.69) is 29.4 Å². The SMILES string of the molecule is Cc1ccc(-n2nnnc2SCC(=O)N(Cc2ccccc2)Cc2ccco2)cc1C. The fourth-order valence-electron chi connectivity index (χ4n) is 3.13. The van der Waals surface area contributed by atoms with Crippen LogP contribution in [0.2, 0.25) is 0 Å². The summed E-state index contributed by atoms with van der Waals surface area (Å²) in [5, 5.41) is 12.6. The first-order valence-corrected chi connectivity index (χ1v) is 10.9. The van der Waals surface area contributed by atoms with Crippen molar-refractivity contribution in [3.63, 3.8) is 0 Å². The van der Waals surface area contributed by atoms with Gasteiger partial charge in [-0.2, -0.15) is 4.68 Å². The van der Waals surface area contributed by atoms with Gasteiger partial charge in [-0.15, -0.1) is 5.10 Å². The molecule has 0 radical (unpaired) electrons. The fraction of sp³-hybridized carbons (Fsp3) is 0.217. The smallest absolute Gasteiger partial charge is 0.233 e. The topological polar surface area (TPSA) is 77.1 Å². The molecule has 4 rings (SSSR count). The number of carbonyl (C=O) groups excluding carboxylic acids is 1. The van der Waals surface area contributed by atoms with Gasteiger partial charge in [0.05, 0.1) is 24.2 Å². The molecule has 0 bridgehead atoms. The summed E-state index contributed by atoms with van der Waals surface area (Å²) in [5.74, 6) is 0.952. The zero-order valence-corrected chi connectivity index (χ0v) is 18.2. The lowest BCUT2D eigenvalue weighted by molar-refractivity contribution is -0.129. The van der Waals surface area contributed by atoms with Crippen LogP contribution in [0, 0.1) is 13.8 Å². The van der Waals surface area contributed by atoms with Crippen molar-refractivity contribution < 1.29 is 9.21 Å². The average molecular weight is 434 g/mol. The Morgan fingerprint density at radius 1 is 1.03 bits per heavy atom. The van der Waals surface area contributed by atoms with Crippen LogP contribution in [-0.4, -0.2) is 36.8 Å². The number of carbonyl (C=O) groups is 1. The van der Waals surface area contributed by atoms with Crippen LogP contribution in [-0.2, 0) is 17.9 Å². The van der Waals surface area contributed by atoms with Gasteiger partial charge < -0.3 is 9.32 Å². The largest absolute Gasteiger partial charge is 0.467 e. The number of aryl methyl sites for hydroxylation is 2. The predicted molar refractivity (Wildman–Crippen MR) is 119 cm³/mol. The Kier molecular flexibility index (Phi) is 6.47. The lowest BCUT2D eigenvalue weighted by Crippen LogP contribution is -2.31. The number of aromatic nitrogens is 4. The van der Waals surface area contributed by atoms with Gasteiger partial charge in [-0.1, -0.05) is 48.2 Å². The monoisotopic (exact) mass is 433 g/mol. The van der Waals surface area contributed by atoms with E-state index in [1.807, 2.05) is 60.7 Å². The summed E-state index contributed by atoms with van der Waals surface area (Å²) < 4.78 is 7.13. The van der Waals surface area contributed by atoms with Gasteiger partial charge in [0.1, 0.15) is 5.76 Å². The maximum absolute atomic E-state index is 13.1. The summed E-state index contributed by atoms with van der Waals surface area (Å²) >= 11 is 1.32. The van der Waals surface area contributed by atoms with Crippen molar-refractivity contribution in [1.29, 1.82) is 0 Å². The van der Waals surface area contributed by atoms with E-state index in [9.17, 15) is 4.79 Å². The Labute approximate surface area is 185 Å². The molecule has 0 aliphatic rings. The van der Waals surface area contributed by atoms with Crippen molar-refractivity contribution >= 4 is 17.7 Å². The molecule has 0 N–H and O–H groups in total. The first-order chi connectivity index (χ1) is 15.1. The summed E-state index contributed by atoms with van der Waals surface area (Å²) in [6.07, 6.45) is 1.62. The second-order valence-electron chi connectivity index (χ2n) is 7.25.